The van der Waals surface area contributed by atoms with E-state index in [4.69, 9.17) is 17.0 Å². The first-order valence-corrected chi connectivity index (χ1v) is 12.0. The van der Waals surface area contributed by atoms with E-state index in [0.29, 0.717) is 16.8 Å². The second-order valence-corrected chi connectivity index (χ2v) is 10.3. The summed E-state index contributed by atoms with van der Waals surface area (Å²) in [6, 6.07) is 4.51. The fourth-order valence-electron chi connectivity index (χ4n) is 3.90. The number of nitrogens with zero attached hydrogens (tertiary/aromatic N) is 2. The molecule has 7 heteroatoms. The summed E-state index contributed by atoms with van der Waals surface area (Å²) in [5, 5.41) is 1.16. The van der Waals surface area contributed by atoms with Crippen LogP contribution in [0.25, 0.3) is 0 Å². The van der Waals surface area contributed by atoms with Crippen molar-refractivity contribution < 1.29 is 9.53 Å². The van der Waals surface area contributed by atoms with E-state index < -0.39 is 0 Å². The van der Waals surface area contributed by atoms with Crippen LogP contribution in [0.3, 0.4) is 0 Å². The van der Waals surface area contributed by atoms with Crippen molar-refractivity contribution in [1.29, 1.82) is 0 Å². The molecule has 4 rings (SSSR count). The van der Waals surface area contributed by atoms with Gasteiger partial charge in [0.15, 0.2) is 0 Å². The third-order valence-electron chi connectivity index (χ3n) is 5.85. The number of hydrogen-bond acceptors (Lipinski definition) is 6. The first-order valence-electron chi connectivity index (χ1n) is 10.0. The number of allylic oxidation sites excluding steroid dienone is 2. The molecule has 154 valence electrons. The van der Waals surface area contributed by atoms with Gasteiger partial charge in [-0.2, -0.15) is 0 Å². The van der Waals surface area contributed by atoms with Gasteiger partial charge in [0.05, 0.1) is 15.6 Å². The van der Waals surface area contributed by atoms with Crippen LogP contribution in [-0.4, -0.2) is 41.9 Å². The number of amides is 1. The molecule has 0 aromatic heterocycles. The van der Waals surface area contributed by atoms with Gasteiger partial charge < -0.3 is 9.64 Å². The number of anilines is 1. The number of likely N-dealkylation sites (N-methyl/N-ethyl adjacent to an activating group) is 1. The zero-order valence-corrected chi connectivity index (χ0v) is 19.7. The third kappa shape index (κ3) is 3.90. The van der Waals surface area contributed by atoms with Crippen LogP contribution in [-0.2, 0) is 9.53 Å². The molecule has 1 aromatic rings. The Hall–Kier alpha value is -1.28. The average molecular weight is 447 g/mol. The van der Waals surface area contributed by atoms with Crippen LogP contribution < -0.4 is 4.90 Å². The SMILES string of the molecule is CCN1C(=O)C(=C(C=C2Sc3cc(C)c(C)cc3N2C)C2CCOCC2)SC1=S. The highest BCUT2D eigenvalue weighted by molar-refractivity contribution is 8.26. The number of thiocarbonyl (C=S) groups is 1. The fraction of sp³-hybridized carbons (Fsp3) is 0.455. The van der Waals surface area contributed by atoms with Gasteiger partial charge in [0.1, 0.15) is 4.32 Å². The summed E-state index contributed by atoms with van der Waals surface area (Å²) in [5.41, 5.74) is 4.96. The predicted octanol–water partition coefficient (Wildman–Crippen LogP) is 5.25. The number of aryl methyl sites for hydroxylation is 2. The van der Waals surface area contributed by atoms with Gasteiger partial charge in [0.25, 0.3) is 5.91 Å². The maximum Gasteiger partial charge on any atom is 0.266 e. The molecule has 1 aromatic carbocycles. The van der Waals surface area contributed by atoms with Crippen LogP contribution in [0.15, 0.2) is 38.6 Å². The van der Waals surface area contributed by atoms with Gasteiger partial charge in [-0.1, -0.05) is 35.7 Å². The minimum Gasteiger partial charge on any atom is -0.381 e. The van der Waals surface area contributed by atoms with E-state index in [2.05, 4.69) is 44.0 Å². The van der Waals surface area contributed by atoms with Crippen LogP contribution in [0.4, 0.5) is 5.69 Å². The Morgan fingerprint density at radius 3 is 2.59 bits per heavy atom. The van der Waals surface area contributed by atoms with Crippen LogP contribution in [0.5, 0.6) is 0 Å². The second-order valence-electron chi connectivity index (χ2n) is 7.64. The number of carbonyl (C=O) groups is 1. The van der Waals surface area contributed by atoms with Crippen molar-refractivity contribution in [3.05, 3.63) is 44.8 Å². The highest BCUT2D eigenvalue weighted by Crippen LogP contribution is 2.48. The van der Waals surface area contributed by atoms with Gasteiger partial charge in [-0.25, -0.2) is 0 Å². The summed E-state index contributed by atoms with van der Waals surface area (Å²) in [6.07, 6.45) is 4.11. The van der Waals surface area contributed by atoms with E-state index in [1.165, 1.54) is 33.5 Å². The Kier molecular flexibility index (Phi) is 6.11. The minimum atomic E-state index is 0.0516. The molecular formula is C22H26N2O2S3. The number of rotatable bonds is 3. The normalized spacial score (nSPS) is 23.4. The van der Waals surface area contributed by atoms with E-state index >= 15 is 0 Å². The molecule has 2 saturated heterocycles. The Balaban J connectivity index is 1.76. The number of benzene rings is 1. The minimum absolute atomic E-state index is 0.0516. The summed E-state index contributed by atoms with van der Waals surface area (Å²) in [6.45, 7) is 8.38. The number of thioether (sulfide) groups is 2. The summed E-state index contributed by atoms with van der Waals surface area (Å²) in [7, 11) is 2.11. The Morgan fingerprint density at radius 1 is 1.24 bits per heavy atom. The topological polar surface area (TPSA) is 32.8 Å². The number of fused-ring (bicyclic) bond motifs is 1. The molecule has 3 heterocycles. The predicted molar refractivity (Wildman–Crippen MR) is 126 cm³/mol. The summed E-state index contributed by atoms with van der Waals surface area (Å²) in [5.74, 6) is 0.374. The molecule has 3 aliphatic heterocycles. The van der Waals surface area contributed by atoms with Gasteiger partial charge in [0, 0.05) is 31.7 Å². The molecule has 29 heavy (non-hydrogen) atoms. The second kappa shape index (κ2) is 8.46. The van der Waals surface area contributed by atoms with Crippen LogP contribution in [0.1, 0.15) is 30.9 Å². The van der Waals surface area contributed by atoms with Crippen molar-refractivity contribution in [3.63, 3.8) is 0 Å². The van der Waals surface area contributed by atoms with Gasteiger partial charge in [-0.3, -0.25) is 9.69 Å². The number of hydrogen-bond donors (Lipinski definition) is 0. The zero-order valence-electron chi connectivity index (χ0n) is 17.3. The molecule has 0 radical (unpaired) electrons. The van der Waals surface area contributed by atoms with E-state index in [0.717, 1.165) is 41.6 Å². The first kappa shape index (κ1) is 21.0. The molecule has 4 nitrogen and oxygen atoms in total. The molecule has 0 N–H and O–H groups in total. The Bertz CT molecular complexity index is 932. The lowest BCUT2D eigenvalue weighted by Gasteiger charge is -2.25. The molecule has 3 aliphatic rings. The lowest BCUT2D eigenvalue weighted by Crippen LogP contribution is -2.28. The Labute approximate surface area is 186 Å². The van der Waals surface area contributed by atoms with Gasteiger partial charge in [-0.05, 0) is 74.4 Å². The third-order valence-corrected chi connectivity index (χ3v) is 8.48. The van der Waals surface area contributed by atoms with Gasteiger partial charge >= 0.3 is 0 Å². The molecule has 2 fully saturated rings. The largest absolute Gasteiger partial charge is 0.381 e. The molecule has 0 unspecified atom stereocenters. The van der Waals surface area contributed by atoms with E-state index in [1.807, 2.05) is 6.92 Å². The van der Waals surface area contributed by atoms with Crippen molar-refractivity contribution in [2.24, 2.45) is 5.92 Å². The maximum atomic E-state index is 13.1. The smallest absolute Gasteiger partial charge is 0.266 e. The van der Waals surface area contributed by atoms with Crippen LogP contribution in [0, 0.1) is 19.8 Å². The first-order chi connectivity index (χ1) is 13.9. The highest BCUT2D eigenvalue weighted by Gasteiger charge is 2.36. The number of carbonyl (C=O) groups excluding carboxylic acids is 1. The van der Waals surface area contributed by atoms with E-state index in [9.17, 15) is 4.79 Å². The summed E-state index contributed by atoms with van der Waals surface area (Å²) >= 11 is 8.72. The van der Waals surface area contributed by atoms with Crippen molar-refractivity contribution in [1.82, 2.24) is 4.90 Å². The van der Waals surface area contributed by atoms with Gasteiger partial charge in [-0.15, -0.1) is 0 Å². The fourth-order valence-corrected chi connectivity index (χ4v) is 6.58. The molecular weight excluding hydrogens is 420 g/mol. The lowest BCUT2D eigenvalue weighted by molar-refractivity contribution is -0.122. The maximum absolute atomic E-state index is 13.1. The molecule has 0 atom stereocenters. The van der Waals surface area contributed by atoms with E-state index in [1.54, 1.807) is 16.7 Å². The van der Waals surface area contributed by atoms with Crippen LogP contribution in [0.2, 0.25) is 0 Å². The van der Waals surface area contributed by atoms with Crippen LogP contribution >= 0.6 is 35.7 Å². The van der Waals surface area contributed by atoms with Crippen molar-refractivity contribution in [3.8, 4) is 0 Å². The summed E-state index contributed by atoms with van der Waals surface area (Å²) in [4.78, 5) is 19.1. The molecule has 1 amide bonds. The summed E-state index contributed by atoms with van der Waals surface area (Å²) < 4.78 is 6.25. The molecule has 0 saturated carbocycles. The molecule has 0 bridgehead atoms. The number of ether oxygens (including phenoxy) is 1. The zero-order chi connectivity index (χ0) is 20.7. The molecule has 0 spiro atoms. The standard InChI is InChI=1S/C22H26N2O2S3/c1-5-24-21(25)20(29-22(24)27)16(15-6-8-26-9-7-15)12-19-23(4)17-10-13(2)14(3)11-18(17)28-19/h10-12,15H,5-9H2,1-4H3. The average Bonchev–Trinajstić information content (AvgIpc) is 3.16. The molecule has 0 aliphatic carbocycles. The monoisotopic (exact) mass is 446 g/mol. The highest BCUT2D eigenvalue weighted by atomic mass is 32.2. The van der Waals surface area contributed by atoms with Crippen molar-refractivity contribution >= 4 is 51.7 Å². The lowest BCUT2D eigenvalue weighted by atomic mass is 9.90. The Morgan fingerprint density at radius 2 is 1.93 bits per heavy atom. The van der Waals surface area contributed by atoms with Gasteiger partial charge in [0.2, 0.25) is 0 Å². The quantitative estimate of drug-likeness (QED) is 0.466. The van der Waals surface area contributed by atoms with Crippen molar-refractivity contribution in [2.45, 2.75) is 38.5 Å². The van der Waals surface area contributed by atoms with E-state index in [-0.39, 0.29) is 5.91 Å². The van der Waals surface area contributed by atoms with Crippen molar-refractivity contribution in [2.75, 3.05) is 31.7 Å².